The molecule has 116 valence electrons. The third kappa shape index (κ3) is 2.51. The predicted molar refractivity (Wildman–Crippen MR) is 91.6 cm³/mol. The molecule has 2 aromatic rings. The van der Waals surface area contributed by atoms with Crippen molar-refractivity contribution in [3.8, 4) is 11.3 Å². The Morgan fingerprint density at radius 3 is 2.96 bits per heavy atom. The molecule has 23 heavy (non-hydrogen) atoms. The Bertz CT molecular complexity index is 778. The minimum Gasteiger partial charge on any atom is -0.298 e. The number of fused-ring (bicyclic) bond motifs is 2. The van der Waals surface area contributed by atoms with Crippen molar-refractivity contribution in [2.75, 3.05) is 19.6 Å². The first-order chi connectivity index (χ1) is 11.2. The number of hydrogen-bond acceptors (Lipinski definition) is 3. The van der Waals surface area contributed by atoms with Crippen LogP contribution in [0.15, 0.2) is 54.7 Å². The SMILES string of the molecule is CC(=O)c1cccc(-c2ccc(C34C=CCN(CC3)C4)cn2)c1. The van der Waals surface area contributed by atoms with Crippen molar-refractivity contribution >= 4 is 5.78 Å². The Labute approximate surface area is 136 Å². The van der Waals surface area contributed by atoms with E-state index >= 15 is 0 Å². The normalized spacial score (nSPS) is 25.5. The zero-order valence-electron chi connectivity index (χ0n) is 13.3. The van der Waals surface area contributed by atoms with Crippen molar-refractivity contribution in [3.63, 3.8) is 0 Å². The highest BCUT2D eigenvalue weighted by atomic mass is 16.1. The molecule has 2 aliphatic heterocycles. The Kier molecular flexibility index (Phi) is 3.38. The number of Topliss-reactive ketones (excluding diaryl/α,β-unsaturated/α-hetero) is 1. The third-order valence-corrected chi connectivity index (χ3v) is 5.08. The van der Waals surface area contributed by atoms with Crippen LogP contribution in [0, 0.1) is 0 Å². The Morgan fingerprint density at radius 1 is 1.26 bits per heavy atom. The van der Waals surface area contributed by atoms with E-state index in [1.165, 1.54) is 12.0 Å². The van der Waals surface area contributed by atoms with E-state index in [1.807, 2.05) is 30.5 Å². The molecule has 4 rings (SSSR count). The molecule has 3 nitrogen and oxygen atoms in total. The van der Waals surface area contributed by atoms with Gasteiger partial charge in [-0.05, 0) is 37.6 Å². The van der Waals surface area contributed by atoms with Crippen molar-refractivity contribution in [2.24, 2.45) is 0 Å². The topological polar surface area (TPSA) is 33.2 Å². The molecular formula is C20H20N2O. The lowest BCUT2D eigenvalue weighted by Gasteiger charge is -2.29. The third-order valence-electron chi connectivity index (χ3n) is 5.08. The van der Waals surface area contributed by atoms with E-state index in [2.05, 4.69) is 34.2 Å². The molecule has 2 unspecified atom stereocenters. The van der Waals surface area contributed by atoms with Crippen molar-refractivity contribution < 1.29 is 4.79 Å². The number of rotatable bonds is 3. The molecule has 1 saturated heterocycles. The van der Waals surface area contributed by atoms with Crippen molar-refractivity contribution in [2.45, 2.75) is 18.8 Å². The molecule has 0 spiro atoms. The number of benzene rings is 1. The highest BCUT2D eigenvalue weighted by Gasteiger charge is 2.39. The number of carbonyl (C=O) groups excluding carboxylic acids is 1. The van der Waals surface area contributed by atoms with Gasteiger partial charge in [-0.2, -0.15) is 0 Å². The number of pyridine rings is 1. The largest absolute Gasteiger partial charge is 0.298 e. The number of ketones is 1. The smallest absolute Gasteiger partial charge is 0.159 e. The first-order valence-electron chi connectivity index (χ1n) is 8.14. The molecule has 0 N–H and O–H groups in total. The van der Waals surface area contributed by atoms with Crippen LogP contribution in [-0.4, -0.2) is 35.3 Å². The molecule has 3 heterocycles. The summed E-state index contributed by atoms with van der Waals surface area (Å²) in [6.07, 6.45) is 7.82. The van der Waals surface area contributed by atoms with Crippen molar-refractivity contribution in [1.29, 1.82) is 0 Å². The maximum absolute atomic E-state index is 11.5. The van der Waals surface area contributed by atoms with Gasteiger partial charge >= 0.3 is 0 Å². The summed E-state index contributed by atoms with van der Waals surface area (Å²) in [6.45, 7) is 4.93. The quantitative estimate of drug-likeness (QED) is 0.643. The molecule has 0 saturated carbocycles. The van der Waals surface area contributed by atoms with Gasteiger partial charge in [0.1, 0.15) is 0 Å². The second-order valence-corrected chi connectivity index (χ2v) is 6.61. The van der Waals surface area contributed by atoms with Crippen molar-refractivity contribution in [1.82, 2.24) is 9.88 Å². The van der Waals surface area contributed by atoms with E-state index in [0.717, 1.165) is 36.5 Å². The molecule has 2 atom stereocenters. The summed E-state index contributed by atoms with van der Waals surface area (Å²) in [5.74, 6) is 0.0840. The molecule has 0 amide bonds. The molecule has 1 aromatic heterocycles. The summed E-state index contributed by atoms with van der Waals surface area (Å²) in [5, 5.41) is 0. The van der Waals surface area contributed by atoms with Crippen molar-refractivity contribution in [3.05, 3.63) is 65.9 Å². The minimum absolute atomic E-state index is 0.0840. The standard InChI is InChI=1S/C20H20N2O/c1-15(23)16-4-2-5-17(12-16)19-7-6-18(13-21-19)20-8-3-10-22(14-20)11-9-20/h2-8,12-13H,9-11,14H2,1H3. The summed E-state index contributed by atoms with van der Waals surface area (Å²) >= 11 is 0. The van der Waals surface area contributed by atoms with Gasteiger partial charge in [0.25, 0.3) is 0 Å². The maximum atomic E-state index is 11.5. The fraction of sp³-hybridized carbons (Fsp3) is 0.300. The average molecular weight is 304 g/mol. The molecule has 1 aromatic carbocycles. The van der Waals surface area contributed by atoms with Crippen LogP contribution in [0.3, 0.4) is 0 Å². The van der Waals surface area contributed by atoms with Gasteiger partial charge in [0.15, 0.2) is 5.78 Å². The van der Waals surface area contributed by atoms with Gasteiger partial charge in [-0.3, -0.25) is 14.7 Å². The van der Waals surface area contributed by atoms with Crippen LogP contribution in [0.5, 0.6) is 0 Å². The molecule has 0 radical (unpaired) electrons. The second-order valence-electron chi connectivity index (χ2n) is 6.61. The number of carbonyl (C=O) groups is 1. The van der Waals surface area contributed by atoms with Gasteiger partial charge < -0.3 is 0 Å². The van der Waals surface area contributed by atoms with E-state index in [4.69, 9.17) is 0 Å². The molecule has 3 heteroatoms. The zero-order valence-corrected chi connectivity index (χ0v) is 13.3. The Balaban J connectivity index is 1.66. The highest BCUT2D eigenvalue weighted by molar-refractivity contribution is 5.95. The van der Waals surface area contributed by atoms with E-state index < -0.39 is 0 Å². The Hall–Kier alpha value is -2.26. The number of nitrogens with zero attached hydrogens (tertiary/aromatic N) is 2. The van der Waals surface area contributed by atoms with Crippen LogP contribution in [-0.2, 0) is 5.41 Å². The lowest BCUT2D eigenvalue weighted by molar-refractivity contribution is 0.101. The van der Waals surface area contributed by atoms with Crippen LogP contribution in [0.1, 0.15) is 29.3 Å². The fourth-order valence-corrected chi connectivity index (χ4v) is 3.72. The van der Waals surface area contributed by atoms with Crippen LogP contribution in [0.25, 0.3) is 11.3 Å². The van der Waals surface area contributed by atoms with Crippen LogP contribution in [0.2, 0.25) is 0 Å². The van der Waals surface area contributed by atoms with E-state index in [0.29, 0.717) is 0 Å². The van der Waals surface area contributed by atoms with Gasteiger partial charge in [-0.25, -0.2) is 0 Å². The molecule has 1 fully saturated rings. The first kappa shape index (κ1) is 14.3. The summed E-state index contributed by atoms with van der Waals surface area (Å²) in [5.41, 5.74) is 4.08. The maximum Gasteiger partial charge on any atom is 0.159 e. The summed E-state index contributed by atoms with van der Waals surface area (Å²) < 4.78 is 0. The van der Waals surface area contributed by atoms with Gasteiger partial charge in [-0.1, -0.05) is 36.4 Å². The molecular weight excluding hydrogens is 284 g/mol. The molecule has 2 bridgehead atoms. The van der Waals surface area contributed by atoms with Gasteiger partial charge in [0, 0.05) is 35.8 Å². The minimum atomic E-state index is 0.0840. The van der Waals surface area contributed by atoms with Crippen LogP contribution < -0.4 is 0 Å². The monoisotopic (exact) mass is 304 g/mol. The van der Waals surface area contributed by atoms with Gasteiger partial charge in [-0.15, -0.1) is 0 Å². The summed E-state index contributed by atoms with van der Waals surface area (Å²) in [6, 6.07) is 12.0. The zero-order chi connectivity index (χ0) is 15.9. The lowest BCUT2D eigenvalue weighted by atomic mass is 9.79. The van der Waals surface area contributed by atoms with Gasteiger partial charge in [0.05, 0.1) is 5.69 Å². The first-order valence-corrected chi connectivity index (χ1v) is 8.14. The average Bonchev–Trinajstić information content (AvgIpc) is 2.90. The van der Waals surface area contributed by atoms with E-state index in [-0.39, 0.29) is 11.2 Å². The van der Waals surface area contributed by atoms with E-state index in [9.17, 15) is 4.79 Å². The second kappa shape index (κ2) is 5.43. The number of aromatic nitrogens is 1. The summed E-state index contributed by atoms with van der Waals surface area (Å²) in [4.78, 5) is 18.7. The highest BCUT2D eigenvalue weighted by Crippen LogP contribution is 2.38. The fourth-order valence-electron chi connectivity index (χ4n) is 3.72. The summed E-state index contributed by atoms with van der Waals surface area (Å²) in [7, 11) is 0. The van der Waals surface area contributed by atoms with Gasteiger partial charge in [0.2, 0.25) is 0 Å². The molecule has 2 aliphatic rings. The number of hydrogen-bond donors (Lipinski definition) is 0. The predicted octanol–water partition coefficient (Wildman–Crippen LogP) is 3.46. The van der Waals surface area contributed by atoms with Crippen LogP contribution in [0.4, 0.5) is 0 Å². The van der Waals surface area contributed by atoms with E-state index in [1.54, 1.807) is 6.92 Å². The Morgan fingerprint density at radius 2 is 2.17 bits per heavy atom. The van der Waals surface area contributed by atoms with Crippen LogP contribution >= 0.6 is 0 Å². The lowest BCUT2D eigenvalue weighted by Crippen LogP contribution is -2.33. The molecule has 0 aliphatic carbocycles.